The van der Waals surface area contributed by atoms with Crippen molar-refractivity contribution in [1.82, 2.24) is 5.32 Å². The predicted molar refractivity (Wildman–Crippen MR) is 112 cm³/mol. The first-order valence-corrected chi connectivity index (χ1v) is 12.1. The summed E-state index contributed by atoms with van der Waals surface area (Å²) in [7, 11) is -3.29. The number of hydrogen-bond acceptors (Lipinski definition) is 3. The molecule has 0 aliphatic carbocycles. The second kappa shape index (κ2) is 9.35. The molecule has 0 amide bonds. The van der Waals surface area contributed by atoms with Gasteiger partial charge >= 0.3 is 0 Å². The minimum Gasteiger partial charge on any atom is -0.316 e. The van der Waals surface area contributed by atoms with Crippen LogP contribution in [0.5, 0.6) is 0 Å². The van der Waals surface area contributed by atoms with Gasteiger partial charge in [-0.3, -0.25) is 0 Å². The molecule has 0 bridgehead atoms. The lowest BCUT2D eigenvalue weighted by molar-refractivity contribution is 0.228. The third-order valence-electron chi connectivity index (χ3n) is 6.11. The first-order chi connectivity index (χ1) is 13.8. The molecule has 0 saturated carbocycles. The van der Waals surface area contributed by atoms with Gasteiger partial charge in [-0.2, -0.15) is 0 Å². The molecule has 3 rings (SSSR count). The van der Waals surface area contributed by atoms with Crippen molar-refractivity contribution in [2.24, 2.45) is 11.8 Å². The van der Waals surface area contributed by atoms with Gasteiger partial charge in [0.2, 0.25) is 0 Å². The highest BCUT2D eigenvalue weighted by Crippen LogP contribution is 2.35. The van der Waals surface area contributed by atoms with Crippen LogP contribution in [-0.2, 0) is 9.84 Å². The van der Waals surface area contributed by atoms with Crippen LogP contribution < -0.4 is 5.32 Å². The lowest BCUT2D eigenvalue weighted by atomic mass is 9.78. The fraction of sp³-hybridized carbons (Fsp3) is 0.478. The number of nitrogens with one attached hydrogen (secondary N) is 1. The molecule has 1 fully saturated rings. The van der Waals surface area contributed by atoms with Crippen LogP contribution in [0.3, 0.4) is 0 Å². The molecule has 3 nitrogen and oxygen atoms in total. The molecule has 2 unspecified atom stereocenters. The third-order valence-corrected chi connectivity index (χ3v) is 7.24. The van der Waals surface area contributed by atoms with Crippen LogP contribution in [0.15, 0.2) is 47.4 Å². The number of piperidine rings is 1. The van der Waals surface area contributed by atoms with Gasteiger partial charge in [0.05, 0.1) is 4.90 Å². The molecule has 1 heterocycles. The number of rotatable bonds is 7. The van der Waals surface area contributed by atoms with Gasteiger partial charge in [0.25, 0.3) is 0 Å². The molecular formula is C23H29F2NO2S. The van der Waals surface area contributed by atoms with Gasteiger partial charge in [-0.1, -0.05) is 25.5 Å². The zero-order valence-corrected chi connectivity index (χ0v) is 17.8. The Labute approximate surface area is 172 Å². The summed E-state index contributed by atoms with van der Waals surface area (Å²) in [6.45, 7) is 4.22. The molecule has 0 spiro atoms. The maximum atomic E-state index is 13.9. The van der Waals surface area contributed by atoms with Gasteiger partial charge < -0.3 is 5.32 Å². The first-order valence-electron chi connectivity index (χ1n) is 10.2. The van der Waals surface area contributed by atoms with Crippen molar-refractivity contribution in [3.05, 3.63) is 65.2 Å². The molecular weight excluding hydrogens is 392 g/mol. The van der Waals surface area contributed by atoms with E-state index in [1.165, 1.54) is 18.4 Å². The molecule has 2 aromatic carbocycles. The molecule has 0 aromatic heterocycles. The summed E-state index contributed by atoms with van der Waals surface area (Å²) >= 11 is 0. The molecule has 0 radical (unpaired) electrons. The van der Waals surface area contributed by atoms with Crippen LogP contribution >= 0.6 is 0 Å². The van der Waals surface area contributed by atoms with Crippen LogP contribution in [-0.4, -0.2) is 27.8 Å². The Balaban J connectivity index is 1.89. The smallest absolute Gasteiger partial charge is 0.175 e. The van der Waals surface area contributed by atoms with E-state index in [-0.39, 0.29) is 10.8 Å². The van der Waals surface area contributed by atoms with Crippen LogP contribution in [0.1, 0.15) is 49.7 Å². The zero-order valence-electron chi connectivity index (χ0n) is 17.0. The quantitative estimate of drug-likeness (QED) is 0.691. The highest BCUT2D eigenvalue weighted by atomic mass is 32.2. The highest BCUT2D eigenvalue weighted by molar-refractivity contribution is 7.90. The van der Waals surface area contributed by atoms with E-state index in [0.717, 1.165) is 50.4 Å². The van der Waals surface area contributed by atoms with Gasteiger partial charge in [-0.25, -0.2) is 17.2 Å². The second-order valence-corrected chi connectivity index (χ2v) is 10.1. The van der Waals surface area contributed by atoms with E-state index in [4.69, 9.17) is 0 Å². The third kappa shape index (κ3) is 5.64. The first kappa shape index (κ1) is 21.9. The standard InChI is InChI=1S/C23H29F2NO2S/c1-3-16-10-11-26-15-18(16)6-9-23(19-12-20(24)14-21(25)13-19)17-4-7-22(8-5-17)29(2,27)28/h4-5,7-8,12-14,16,18,23,26H,3,6,9-11,15H2,1-2H3/t16?,18?,23-/m1/s1. The van der Waals surface area contributed by atoms with E-state index in [2.05, 4.69) is 12.2 Å². The Hall–Kier alpha value is -1.79. The summed E-state index contributed by atoms with van der Waals surface area (Å²) in [5, 5.41) is 3.46. The zero-order chi connectivity index (χ0) is 21.0. The number of halogens is 2. The summed E-state index contributed by atoms with van der Waals surface area (Å²) in [6, 6.07) is 10.3. The van der Waals surface area contributed by atoms with E-state index in [9.17, 15) is 17.2 Å². The Morgan fingerprint density at radius 2 is 1.69 bits per heavy atom. The molecule has 158 valence electrons. The monoisotopic (exact) mass is 421 g/mol. The Bertz CT molecular complexity index is 908. The van der Waals surface area contributed by atoms with Gasteiger partial charge in [0, 0.05) is 18.2 Å². The van der Waals surface area contributed by atoms with Crippen molar-refractivity contribution in [3.63, 3.8) is 0 Å². The van der Waals surface area contributed by atoms with Gasteiger partial charge in [-0.05, 0) is 79.6 Å². The van der Waals surface area contributed by atoms with Crippen molar-refractivity contribution in [2.75, 3.05) is 19.3 Å². The van der Waals surface area contributed by atoms with E-state index >= 15 is 0 Å². The average molecular weight is 422 g/mol. The Morgan fingerprint density at radius 3 is 2.28 bits per heavy atom. The average Bonchev–Trinajstić information content (AvgIpc) is 2.67. The van der Waals surface area contributed by atoms with Crippen molar-refractivity contribution in [2.45, 2.75) is 43.4 Å². The molecule has 1 aliphatic heterocycles. The summed E-state index contributed by atoms with van der Waals surface area (Å²) < 4.78 is 51.4. The van der Waals surface area contributed by atoms with E-state index < -0.39 is 21.5 Å². The Morgan fingerprint density at radius 1 is 1.03 bits per heavy atom. The van der Waals surface area contributed by atoms with Gasteiger partial charge in [-0.15, -0.1) is 0 Å². The van der Waals surface area contributed by atoms with Gasteiger partial charge in [0.1, 0.15) is 11.6 Å². The largest absolute Gasteiger partial charge is 0.316 e. The van der Waals surface area contributed by atoms with Crippen LogP contribution in [0.4, 0.5) is 8.78 Å². The highest BCUT2D eigenvalue weighted by Gasteiger charge is 2.25. The molecule has 2 aromatic rings. The minimum atomic E-state index is -3.29. The summed E-state index contributed by atoms with van der Waals surface area (Å²) in [4.78, 5) is 0.243. The maximum absolute atomic E-state index is 13.9. The van der Waals surface area contributed by atoms with E-state index in [1.807, 2.05) is 0 Å². The van der Waals surface area contributed by atoms with Crippen LogP contribution in [0.2, 0.25) is 0 Å². The van der Waals surface area contributed by atoms with E-state index in [0.29, 0.717) is 17.4 Å². The van der Waals surface area contributed by atoms with Crippen molar-refractivity contribution in [1.29, 1.82) is 0 Å². The van der Waals surface area contributed by atoms with Gasteiger partial charge in [0.15, 0.2) is 9.84 Å². The molecule has 29 heavy (non-hydrogen) atoms. The number of benzene rings is 2. The normalized spacial score (nSPS) is 21.1. The van der Waals surface area contributed by atoms with Crippen LogP contribution in [0, 0.1) is 23.5 Å². The summed E-state index contributed by atoms with van der Waals surface area (Å²) in [5.41, 5.74) is 1.46. The fourth-order valence-electron chi connectivity index (χ4n) is 4.48. The fourth-order valence-corrected chi connectivity index (χ4v) is 5.11. The van der Waals surface area contributed by atoms with E-state index in [1.54, 1.807) is 24.3 Å². The molecule has 1 N–H and O–H groups in total. The molecule has 1 saturated heterocycles. The number of hydrogen-bond donors (Lipinski definition) is 1. The second-order valence-electron chi connectivity index (χ2n) is 8.10. The molecule has 6 heteroatoms. The maximum Gasteiger partial charge on any atom is 0.175 e. The molecule has 1 aliphatic rings. The predicted octanol–water partition coefficient (Wildman–Crippen LogP) is 4.92. The molecule has 3 atom stereocenters. The lowest BCUT2D eigenvalue weighted by Crippen LogP contribution is -2.36. The van der Waals surface area contributed by atoms with Crippen molar-refractivity contribution < 1.29 is 17.2 Å². The minimum absolute atomic E-state index is 0.187. The lowest BCUT2D eigenvalue weighted by Gasteiger charge is -2.32. The van der Waals surface area contributed by atoms with Crippen molar-refractivity contribution in [3.8, 4) is 0 Å². The van der Waals surface area contributed by atoms with Crippen LogP contribution in [0.25, 0.3) is 0 Å². The Kier molecular flexibility index (Phi) is 7.06. The van der Waals surface area contributed by atoms with Crippen molar-refractivity contribution >= 4 is 9.84 Å². The summed E-state index contributed by atoms with van der Waals surface area (Å²) in [6.07, 6.45) is 5.16. The SMILES string of the molecule is CCC1CCNCC1CC[C@H](c1ccc(S(C)(=O)=O)cc1)c1cc(F)cc(F)c1. The number of sulfone groups is 1. The summed E-state index contributed by atoms with van der Waals surface area (Å²) in [5.74, 6) is -0.181. The topological polar surface area (TPSA) is 46.2 Å².